The molecule has 1 heterocycles. The first-order chi connectivity index (χ1) is 6.72. The van der Waals surface area contributed by atoms with E-state index in [0.29, 0.717) is 19.1 Å². The van der Waals surface area contributed by atoms with Crippen LogP contribution in [0.25, 0.3) is 0 Å². The molecular formula is C10H20N2O2. The molecule has 1 rings (SSSR count). The summed E-state index contributed by atoms with van der Waals surface area (Å²) in [5.41, 5.74) is 0. The third kappa shape index (κ3) is 4.17. The van der Waals surface area contributed by atoms with Crippen molar-refractivity contribution in [2.45, 2.75) is 20.1 Å². The molecule has 0 aromatic heterocycles. The first-order valence-corrected chi connectivity index (χ1v) is 5.23. The van der Waals surface area contributed by atoms with Crippen LogP contribution < -0.4 is 5.32 Å². The van der Waals surface area contributed by atoms with Crippen molar-refractivity contribution in [3.8, 4) is 0 Å². The predicted molar refractivity (Wildman–Crippen MR) is 55.1 cm³/mol. The lowest BCUT2D eigenvalue weighted by atomic mass is 10.2. The number of carbonyl (C=O) groups excluding carboxylic acids is 1. The summed E-state index contributed by atoms with van der Waals surface area (Å²) in [4.78, 5) is 12.4. The number of nitrogens with zero attached hydrogens (tertiary/aromatic N) is 1. The average molecular weight is 200 g/mol. The molecule has 1 unspecified atom stereocenters. The van der Waals surface area contributed by atoms with Gasteiger partial charge < -0.3 is 9.53 Å². The molecule has 1 saturated heterocycles. The summed E-state index contributed by atoms with van der Waals surface area (Å²) in [6.45, 7) is 8.19. The Morgan fingerprint density at radius 2 is 2.43 bits per heavy atom. The number of ether oxygens (including phenoxy) is 1. The Labute approximate surface area is 85.6 Å². The number of nitrogens with one attached hydrogen (secondary N) is 1. The fourth-order valence-corrected chi connectivity index (χ4v) is 1.46. The molecule has 0 bridgehead atoms. The molecule has 1 aliphatic rings. The van der Waals surface area contributed by atoms with Crippen molar-refractivity contribution in [3.63, 3.8) is 0 Å². The van der Waals surface area contributed by atoms with E-state index in [1.54, 1.807) is 0 Å². The van der Waals surface area contributed by atoms with E-state index < -0.39 is 0 Å². The SMILES string of the molecule is CC(C)CNC1CN(CC=O)CCO1. The Bertz CT molecular complexity index is 174. The van der Waals surface area contributed by atoms with E-state index in [0.717, 1.165) is 25.9 Å². The van der Waals surface area contributed by atoms with Crippen LogP contribution in [0.4, 0.5) is 0 Å². The van der Waals surface area contributed by atoms with Crippen molar-refractivity contribution >= 4 is 6.29 Å². The van der Waals surface area contributed by atoms with Crippen molar-refractivity contribution in [3.05, 3.63) is 0 Å². The maximum Gasteiger partial charge on any atom is 0.133 e. The highest BCUT2D eigenvalue weighted by Gasteiger charge is 2.19. The minimum Gasteiger partial charge on any atom is -0.361 e. The number of carbonyl (C=O) groups is 1. The van der Waals surface area contributed by atoms with Crippen LogP contribution in [-0.4, -0.2) is 50.2 Å². The average Bonchev–Trinajstić information content (AvgIpc) is 2.16. The van der Waals surface area contributed by atoms with Gasteiger partial charge in [0, 0.05) is 13.1 Å². The van der Waals surface area contributed by atoms with E-state index in [9.17, 15) is 4.79 Å². The van der Waals surface area contributed by atoms with Crippen molar-refractivity contribution in [2.24, 2.45) is 5.92 Å². The van der Waals surface area contributed by atoms with Gasteiger partial charge in [-0.05, 0) is 12.5 Å². The highest BCUT2D eigenvalue weighted by molar-refractivity contribution is 5.51. The Balaban J connectivity index is 2.21. The second-order valence-electron chi connectivity index (χ2n) is 4.09. The molecule has 0 saturated carbocycles. The van der Waals surface area contributed by atoms with Gasteiger partial charge in [0.25, 0.3) is 0 Å². The normalized spacial score (nSPS) is 24.1. The summed E-state index contributed by atoms with van der Waals surface area (Å²) in [6.07, 6.45) is 1.04. The highest BCUT2D eigenvalue weighted by atomic mass is 16.5. The monoisotopic (exact) mass is 200 g/mol. The lowest BCUT2D eigenvalue weighted by Crippen LogP contribution is -2.50. The Morgan fingerprint density at radius 1 is 1.64 bits per heavy atom. The van der Waals surface area contributed by atoms with E-state index in [-0.39, 0.29) is 6.23 Å². The molecule has 1 atom stereocenters. The summed E-state index contributed by atoms with van der Waals surface area (Å²) in [5, 5.41) is 3.33. The van der Waals surface area contributed by atoms with Crippen molar-refractivity contribution < 1.29 is 9.53 Å². The first kappa shape index (κ1) is 11.6. The van der Waals surface area contributed by atoms with Crippen molar-refractivity contribution in [1.29, 1.82) is 0 Å². The lowest BCUT2D eigenvalue weighted by Gasteiger charge is -2.32. The molecule has 0 aromatic rings. The molecule has 14 heavy (non-hydrogen) atoms. The largest absolute Gasteiger partial charge is 0.361 e. The maximum absolute atomic E-state index is 10.3. The molecule has 82 valence electrons. The van der Waals surface area contributed by atoms with E-state index in [4.69, 9.17) is 4.74 Å². The second kappa shape index (κ2) is 6.11. The van der Waals surface area contributed by atoms with Gasteiger partial charge in [-0.15, -0.1) is 0 Å². The quantitative estimate of drug-likeness (QED) is 0.639. The molecule has 0 amide bonds. The molecule has 0 aliphatic carbocycles. The Hall–Kier alpha value is -0.450. The third-order valence-electron chi connectivity index (χ3n) is 2.24. The van der Waals surface area contributed by atoms with Crippen LogP contribution in [0, 0.1) is 5.92 Å². The van der Waals surface area contributed by atoms with Crippen molar-refractivity contribution in [2.75, 3.05) is 32.8 Å². The zero-order valence-electron chi connectivity index (χ0n) is 9.03. The maximum atomic E-state index is 10.3. The van der Waals surface area contributed by atoms with Gasteiger partial charge >= 0.3 is 0 Å². The van der Waals surface area contributed by atoms with Crippen LogP contribution in [0.15, 0.2) is 0 Å². The van der Waals surface area contributed by atoms with Crippen LogP contribution in [-0.2, 0) is 9.53 Å². The van der Waals surface area contributed by atoms with Crippen LogP contribution >= 0.6 is 0 Å². The number of morpholine rings is 1. The molecule has 0 spiro atoms. The molecule has 0 radical (unpaired) electrons. The van der Waals surface area contributed by atoms with Gasteiger partial charge in [0.2, 0.25) is 0 Å². The van der Waals surface area contributed by atoms with Gasteiger partial charge in [-0.2, -0.15) is 0 Å². The number of hydrogen-bond acceptors (Lipinski definition) is 4. The van der Waals surface area contributed by atoms with Gasteiger partial charge in [0.15, 0.2) is 0 Å². The van der Waals surface area contributed by atoms with Gasteiger partial charge in [0.1, 0.15) is 12.5 Å². The van der Waals surface area contributed by atoms with E-state index in [1.807, 2.05) is 0 Å². The second-order valence-corrected chi connectivity index (χ2v) is 4.09. The van der Waals surface area contributed by atoms with Crippen LogP contribution in [0.1, 0.15) is 13.8 Å². The molecular weight excluding hydrogens is 180 g/mol. The standard InChI is InChI=1S/C10H20N2O2/c1-9(2)7-11-10-8-12(3-5-13)4-6-14-10/h5,9-11H,3-4,6-8H2,1-2H3. The number of hydrogen-bond donors (Lipinski definition) is 1. The highest BCUT2D eigenvalue weighted by Crippen LogP contribution is 2.02. The summed E-state index contributed by atoms with van der Waals surface area (Å²) < 4.78 is 5.54. The van der Waals surface area contributed by atoms with E-state index >= 15 is 0 Å². The van der Waals surface area contributed by atoms with Crippen LogP contribution in [0.3, 0.4) is 0 Å². The summed E-state index contributed by atoms with van der Waals surface area (Å²) >= 11 is 0. The lowest BCUT2D eigenvalue weighted by molar-refractivity contribution is -0.111. The topological polar surface area (TPSA) is 41.6 Å². The number of aldehydes is 1. The smallest absolute Gasteiger partial charge is 0.133 e. The van der Waals surface area contributed by atoms with Crippen LogP contribution in [0.2, 0.25) is 0 Å². The minimum absolute atomic E-state index is 0.0890. The zero-order chi connectivity index (χ0) is 10.4. The van der Waals surface area contributed by atoms with Gasteiger partial charge in [-0.25, -0.2) is 0 Å². The number of rotatable bonds is 5. The summed E-state index contributed by atoms with van der Waals surface area (Å²) in [5.74, 6) is 0.625. The summed E-state index contributed by atoms with van der Waals surface area (Å²) in [7, 11) is 0. The third-order valence-corrected chi connectivity index (χ3v) is 2.24. The van der Waals surface area contributed by atoms with Gasteiger partial charge in [-0.3, -0.25) is 10.2 Å². The molecule has 0 aromatic carbocycles. The van der Waals surface area contributed by atoms with Crippen LogP contribution in [0.5, 0.6) is 0 Å². The predicted octanol–water partition coefficient (Wildman–Crippen LogP) is 0.0892. The van der Waals surface area contributed by atoms with Gasteiger partial charge in [-0.1, -0.05) is 13.8 Å². The molecule has 4 nitrogen and oxygen atoms in total. The van der Waals surface area contributed by atoms with E-state index in [1.165, 1.54) is 0 Å². The molecule has 4 heteroatoms. The van der Waals surface area contributed by atoms with E-state index in [2.05, 4.69) is 24.1 Å². The minimum atomic E-state index is 0.0890. The molecule has 1 fully saturated rings. The first-order valence-electron chi connectivity index (χ1n) is 5.23. The molecule has 1 N–H and O–H groups in total. The Morgan fingerprint density at radius 3 is 3.07 bits per heavy atom. The molecule has 1 aliphatic heterocycles. The summed E-state index contributed by atoms with van der Waals surface area (Å²) in [6, 6.07) is 0. The zero-order valence-corrected chi connectivity index (χ0v) is 9.03. The fraction of sp³-hybridized carbons (Fsp3) is 0.900. The Kier molecular flexibility index (Phi) is 5.07. The van der Waals surface area contributed by atoms with Gasteiger partial charge in [0.05, 0.1) is 13.2 Å². The van der Waals surface area contributed by atoms with Crippen molar-refractivity contribution in [1.82, 2.24) is 10.2 Å². The fourth-order valence-electron chi connectivity index (χ4n) is 1.46.